The highest BCUT2D eigenvalue weighted by molar-refractivity contribution is 5.66. The van der Waals surface area contributed by atoms with Crippen LogP contribution in [0.3, 0.4) is 0 Å². The van der Waals surface area contributed by atoms with Crippen molar-refractivity contribution in [2.24, 2.45) is 0 Å². The molecule has 3 heteroatoms. The first-order valence-electron chi connectivity index (χ1n) is 5.52. The lowest BCUT2D eigenvalue weighted by atomic mass is 10.2. The van der Waals surface area contributed by atoms with Crippen molar-refractivity contribution in [2.45, 2.75) is 20.3 Å². The van der Waals surface area contributed by atoms with Gasteiger partial charge in [0.05, 0.1) is 5.69 Å². The van der Waals surface area contributed by atoms with Crippen molar-refractivity contribution in [2.75, 3.05) is 18.5 Å². The second kappa shape index (κ2) is 6.05. The Morgan fingerprint density at radius 1 is 1.44 bits per heavy atom. The topological polar surface area (TPSA) is 29.0 Å². The number of rotatable bonds is 5. The van der Waals surface area contributed by atoms with Crippen LogP contribution in [0.2, 0.25) is 0 Å². The zero-order chi connectivity index (χ0) is 12.0. The van der Waals surface area contributed by atoms with Crippen molar-refractivity contribution in [1.82, 2.24) is 9.97 Å². The van der Waals surface area contributed by atoms with Crippen LogP contribution >= 0.6 is 0 Å². The van der Waals surface area contributed by atoms with Crippen LogP contribution in [0.15, 0.2) is 25.1 Å². The zero-order valence-corrected chi connectivity index (χ0v) is 10.3. The van der Waals surface area contributed by atoms with Crippen LogP contribution in [0.5, 0.6) is 0 Å². The minimum atomic E-state index is 0.979. The van der Waals surface area contributed by atoms with Crippen molar-refractivity contribution in [1.29, 1.82) is 0 Å². The molecular weight excluding hydrogens is 198 g/mol. The maximum absolute atomic E-state index is 4.34. The molecule has 0 aromatic carbocycles. The predicted octanol–water partition coefficient (Wildman–Crippen LogP) is 2.83. The molecule has 0 radical (unpaired) electrons. The van der Waals surface area contributed by atoms with E-state index in [-0.39, 0.29) is 0 Å². The highest BCUT2D eigenvalue weighted by Gasteiger charge is 2.08. The van der Waals surface area contributed by atoms with Gasteiger partial charge < -0.3 is 4.90 Å². The van der Waals surface area contributed by atoms with Crippen LogP contribution < -0.4 is 4.90 Å². The summed E-state index contributed by atoms with van der Waals surface area (Å²) >= 11 is 0. The van der Waals surface area contributed by atoms with Gasteiger partial charge in [0.15, 0.2) is 0 Å². The van der Waals surface area contributed by atoms with Crippen molar-refractivity contribution >= 4 is 11.9 Å². The summed E-state index contributed by atoms with van der Waals surface area (Å²) in [7, 11) is 2.05. The van der Waals surface area contributed by atoms with Gasteiger partial charge in [-0.2, -0.15) is 0 Å². The molecule has 0 amide bonds. The van der Waals surface area contributed by atoms with Crippen LogP contribution in [-0.2, 0) is 0 Å². The molecule has 1 rings (SSSR count). The predicted molar refractivity (Wildman–Crippen MR) is 69.6 cm³/mol. The molecule has 1 aromatic rings. The number of allylic oxidation sites excluding steroid dienone is 2. The minimum absolute atomic E-state index is 0.979. The molecule has 1 heterocycles. The van der Waals surface area contributed by atoms with E-state index in [0.717, 1.165) is 30.0 Å². The first kappa shape index (κ1) is 12.4. The number of aromatic nitrogens is 2. The Morgan fingerprint density at radius 3 is 2.81 bits per heavy atom. The highest BCUT2D eigenvalue weighted by Crippen LogP contribution is 2.20. The lowest BCUT2D eigenvalue weighted by molar-refractivity contribution is 0.830. The molecule has 0 spiro atoms. The smallest absolute Gasteiger partial charge is 0.139 e. The molecule has 1 aromatic heterocycles. The minimum Gasteiger partial charge on any atom is -0.359 e. The van der Waals surface area contributed by atoms with Gasteiger partial charge in [-0.15, -0.1) is 0 Å². The van der Waals surface area contributed by atoms with Gasteiger partial charge in [-0.05, 0) is 19.4 Å². The van der Waals surface area contributed by atoms with Crippen molar-refractivity contribution in [3.63, 3.8) is 0 Å². The maximum Gasteiger partial charge on any atom is 0.139 e. The summed E-state index contributed by atoms with van der Waals surface area (Å²) < 4.78 is 0. The van der Waals surface area contributed by atoms with Gasteiger partial charge in [-0.3, -0.25) is 0 Å². The Bertz CT molecular complexity index is 383. The van der Waals surface area contributed by atoms with E-state index in [2.05, 4.69) is 35.4 Å². The van der Waals surface area contributed by atoms with E-state index >= 15 is 0 Å². The van der Waals surface area contributed by atoms with E-state index in [1.807, 2.05) is 19.1 Å². The first-order valence-corrected chi connectivity index (χ1v) is 5.52. The highest BCUT2D eigenvalue weighted by atomic mass is 15.2. The second-order valence-corrected chi connectivity index (χ2v) is 3.71. The SMILES string of the molecule is C=C/C=C\c1c(C)ncnc1N(C)CCC. The summed E-state index contributed by atoms with van der Waals surface area (Å²) in [5.74, 6) is 0.979. The van der Waals surface area contributed by atoms with E-state index in [9.17, 15) is 0 Å². The monoisotopic (exact) mass is 217 g/mol. The Kier molecular flexibility index (Phi) is 4.70. The average molecular weight is 217 g/mol. The van der Waals surface area contributed by atoms with E-state index in [1.54, 1.807) is 12.4 Å². The fourth-order valence-electron chi connectivity index (χ4n) is 1.58. The number of aryl methyl sites for hydroxylation is 1. The van der Waals surface area contributed by atoms with Gasteiger partial charge in [0, 0.05) is 19.2 Å². The van der Waals surface area contributed by atoms with Gasteiger partial charge >= 0.3 is 0 Å². The summed E-state index contributed by atoms with van der Waals surface area (Å²) in [6, 6.07) is 0. The lowest BCUT2D eigenvalue weighted by Crippen LogP contribution is -2.20. The molecular formula is C13H19N3. The van der Waals surface area contributed by atoms with Gasteiger partial charge in [-0.1, -0.05) is 25.7 Å². The number of nitrogens with zero attached hydrogens (tertiary/aromatic N) is 3. The standard InChI is InChI=1S/C13H19N3/c1-5-7-8-12-11(3)14-10-15-13(12)16(4)9-6-2/h5,7-8,10H,1,6,9H2,2-4H3/b8-7-. The summed E-state index contributed by atoms with van der Waals surface area (Å²) in [4.78, 5) is 10.7. The summed E-state index contributed by atoms with van der Waals surface area (Å²) in [6.07, 6.45) is 8.39. The van der Waals surface area contributed by atoms with E-state index < -0.39 is 0 Å². The normalized spacial score (nSPS) is 10.7. The molecule has 0 unspecified atom stereocenters. The maximum atomic E-state index is 4.34. The largest absolute Gasteiger partial charge is 0.359 e. The lowest BCUT2D eigenvalue weighted by Gasteiger charge is -2.19. The summed E-state index contributed by atoms with van der Waals surface area (Å²) in [5, 5.41) is 0. The first-order chi connectivity index (χ1) is 7.70. The molecule has 0 bridgehead atoms. The molecule has 86 valence electrons. The molecule has 0 atom stereocenters. The van der Waals surface area contributed by atoms with Gasteiger partial charge in [0.1, 0.15) is 12.1 Å². The van der Waals surface area contributed by atoms with E-state index in [4.69, 9.17) is 0 Å². The molecule has 0 aliphatic rings. The van der Waals surface area contributed by atoms with Gasteiger partial charge in [0.25, 0.3) is 0 Å². The number of hydrogen-bond acceptors (Lipinski definition) is 3. The van der Waals surface area contributed by atoms with E-state index in [1.165, 1.54) is 0 Å². The fraction of sp³-hybridized carbons (Fsp3) is 0.385. The Labute approximate surface area is 97.5 Å². The number of hydrogen-bond donors (Lipinski definition) is 0. The van der Waals surface area contributed by atoms with Crippen molar-refractivity contribution in [3.8, 4) is 0 Å². The molecule has 0 aliphatic heterocycles. The van der Waals surface area contributed by atoms with Crippen LogP contribution in [0, 0.1) is 6.92 Å². The Hall–Kier alpha value is -1.64. The molecule has 0 fully saturated rings. The van der Waals surface area contributed by atoms with Gasteiger partial charge in [0.2, 0.25) is 0 Å². The average Bonchev–Trinajstić information content (AvgIpc) is 2.27. The van der Waals surface area contributed by atoms with Crippen LogP contribution in [-0.4, -0.2) is 23.6 Å². The van der Waals surface area contributed by atoms with Crippen LogP contribution in [0.4, 0.5) is 5.82 Å². The zero-order valence-electron chi connectivity index (χ0n) is 10.3. The molecule has 0 N–H and O–H groups in total. The summed E-state index contributed by atoms with van der Waals surface area (Å²) in [5.41, 5.74) is 2.06. The number of anilines is 1. The van der Waals surface area contributed by atoms with Crippen molar-refractivity contribution < 1.29 is 0 Å². The second-order valence-electron chi connectivity index (χ2n) is 3.71. The third-order valence-electron chi connectivity index (χ3n) is 2.38. The van der Waals surface area contributed by atoms with Crippen LogP contribution in [0.25, 0.3) is 6.08 Å². The summed E-state index contributed by atoms with van der Waals surface area (Å²) in [6.45, 7) is 8.82. The molecule has 0 aliphatic carbocycles. The van der Waals surface area contributed by atoms with Crippen LogP contribution in [0.1, 0.15) is 24.6 Å². The quantitative estimate of drug-likeness (QED) is 0.710. The fourth-order valence-corrected chi connectivity index (χ4v) is 1.58. The Morgan fingerprint density at radius 2 is 2.19 bits per heavy atom. The van der Waals surface area contributed by atoms with E-state index in [0.29, 0.717) is 0 Å². The molecule has 0 saturated carbocycles. The molecule has 16 heavy (non-hydrogen) atoms. The third-order valence-corrected chi connectivity index (χ3v) is 2.38. The Balaban J connectivity index is 3.11. The third kappa shape index (κ3) is 2.92. The molecule has 0 saturated heterocycles. The van der Waals surface area contributed by atoms with Crippen molar-refractivity contribution in [3.05, 3.63) is 36.3 Å². The molecule has 3 nitrogen and oxygen atoms in total. The van der Waals surface area contributed by atoms with Gasteiger partial charge in [-0.25, -0.2) is 9.97 Å².